The smallest absolute Gasteiger partial charge is 0.00506 e. The standard InChI is InChI=1S/C16H24S2/c17-9-3-1-6-15(18)16-13(7-9)12-8-14(16)11-5-2-4-10(11)12/h2,4,9-18H,1,3,5-8H2. The van der Waals surface area contributed by atoms with Crippen LogP contribution in [0.1, 0.15) is 38.5 Å². The molecule has 4 aliphatic carbocycles. The van der Waals surface area contributed by atoms with Crippen LogP contribution in [-0.2, 0) is 0 Å². The van der Waals surface area contributed by atoms with Crippen molar-refractivity contribution in [2.45, 2.75) is 49.0 Å². The maximum Gasteiger partial charge on any atom is 0.00506 e. The zero-order valence-corrected chi connectivity index (χ0v) is 12.7. The summed E-state index contributed by atoms with van der Waals surface area (Å²) in [6.45, 7) is 0. The number of fused-ring (bicyclic) bond motifs is 8. The average molecular weight is 281 g/mol. The third-order valence-corrected chi connectivity index (χ3v) is 7.49. The first-order valence-corrected chi connectivity index (χ1v) is 8.82. The third kappa shape index (κ3) is 1.67. The van der Waals surface area contributed by atoms with Gasteiger partial charge in [-0.2, -0.15) is 25.3 Å². The van der Waals surface area contributed by atoms with Crippen molar-refractivity contribution in [1.29, 1.82) is 0 Å². The van der Waals surface area contributed by atoms with E-state index in [4.69, 9.17) is 25.3 Å². The predicted molar refractivity (Wildman–Crippen MR) is 83.3 cm³/mol. The van der Waals surface area contributed by atoms with Crippen LogP contribution in [0.5, 0.6) is 0 Å². The first-order chi connectivity index (χ1) is 8.75. The first-order valence-electron chi connectivity index (χ1n) is 7.78. The van der Waals surface area contributed by atoms with Gasteiger partial charge in [-0.1, -0.05) is 18.6 Å². The van der Waals surface area contributed by atoms with Crippen molar-refractivity contribution in [2.24, 2.45) is 35.5 Å². The Kier molecular flexibility index (Phi) is 3.04. The lowest BCUT2D eigenvalue weighted by atomic mass is 9.65. The summed E-state index contributed by atoms with van der Waals surface area (Å²) in [5.74, 6) is 5.73. The summed E-state index contributed by atoms with van der Waals surface area (Å²) in [6, 6.07) is 0. The summed E-state index contributed by atoms with van der Waals surface area (Å²) in [5, 5.41) is 1.33. The van der Waals surface area contributed by atoms with Gasteiger partial charge in [-0.3, -0.25) is 0 Å². The van der Waals surface area contributed by atoms with Crippen LogP contribution >= 0.6 is 25.3 Å². The minimum absolute atomic E-state index is 0.654. The molecule has 0 N–H and O–H groups in total. The van der Waals surface area contributed by atoms with E-state index in [-0.39, 0.29) is 0 Å². The highest BCUT2D eigenvalue weighted by molar-refractivity contribution is 7.81. The maximum absolute atomic E-state index is 5.00. The van der Waals surface area contributed by atoms with E-state index in [1.54, 1.807) is 0 Å². The lowest BCUT2D eigenvalue weighted by Gasteiger charge is -2.43. The summed E-state index contributed by atoms with van der Waals surface area (Å²) < 4.78 is 0. The van der Waals surface area contributed by atoms with Gasteiger partial charge in [0, 0.05) is 10.5 Å². The summed E-state index contributed by atoms with van der Waals surface area (Å²) in [4.78, 5) is 0. The zero-order chi connectivity index (χ0) is 12.3. The van der Waals surface area contributed by atoms with Crippen molar-refractivity contribution in [3.05, 3.63) is 12.2 Å². The number of hydrogen-bond acceptors (Lipinski definition) is 2. The molecule has 0 aromatic rings. The van der Waals surface area contributed by atoms with E-state index in [9.17, 15) is 0 Å². The highest BCUT2D eigenvalue weighted by Gasteiger charge is 2.58. The van der Waals surface area contributed by atoms with E-state index < -0.39 is 0 Å². The molecule has 0 spiro atoms. The van der Waals surface area contributed by atoms with Gasteiger partial charge in [-0.15, -0.1) is 0 Å². The van der Waals surface area contributed by atoms with Crippen LogP contribution in [-0.4, -0.2) is 10.5 Å². The molecular weight excluding hydrogens is 256 g/mol. The predicted octanol–water partition coefficient (Wildman–Crippen LogP) is 4.23. The fraction of sp³-hybridized carbons (Fsp3) is 0.875. The number of rotatable bonds is 0. The molecule has 0 nitrogen and oxygen atoms in total. The minimum Gasteiger partial charge on any atom is -0.176 e. The minimum atomic E-state index is 0.654. The van der Waals surface area contributed by atoms with Crippen molar-refractivity contribution in [1.82, 2.24) is 0 Å². The van der Waals surface area contributed by atoms with Crippen LogP contribution < -0.4 is 0 Å². The van der Waals surface area contributed by atoms with Crippen LogP contribution in [0.3, 0.4) is 0 Å². The van der Waals surface area contributed by atoms with Gasteiger partial charge in [0.2, 0.25) is 0 Å². The molecule has 0 heterocycles. The number of hydrogen-bond donors (Lipinski definition) is 2. The van der Waals surface area contributed by atoms with Crippen LogP contribution in [0.4, 0.5) is 0 Å². The molecule has 3 fully saturated rings. The fourth-order valence-corrected chi connectivity index (χ4v) is 6.91. The molecule has 0 saturated heterocycles. The van der Waals surface area contributed by atoms with Gasteiger partial charge in [0.05, 0.1) is 0 Å². The van der Waals surface area contributed by atoms with E-state index in [1.165, 1.54) is 38.5 Å². The molecule has 2 bridgehead atoms. The van der Waals surface area contributed by atoms with Crippen LogP contribution in [0.25, 0.3) is 0 Å². The molecule has 0 aromatic heterocycles. The van der Waals surface area contributed by atoms with Gasteiger partial charge in [0.1, 0.15) is 0 Å². The normalized spacial score (nSPS) is 58.1. The van der Waals surface area contributed by atoms with Crippen molar-refractivity contribution >= 4 is 25.3 Å². The molecule has 0 aromatic carbocycles. The lowest BCUT2D eigenvalue weighted by Crippen LogP contribution is -2.39. The Labute approximate surface area is 122 Å². The quantitative estimate of drug-likeness (QED) is 0.481. The van der Waals surface area contributed by atoms with E-state index in [1.807, 2.05) is 0 Å². The van der Waals surface area contributed by atoms with Gasteiger partial charge >= 0.3 is 0 Å². The third-order valence-electron chi connectivity index (χ3n) is 6.41. The summed E-state index contributed by atoms with van der Waals surface area (Å²) in [5.41, 5.74) is 0. The molecule has 3 saturated carbocycles. The number of thiol groups is 2. The summed E-state index contributed by atoms with van der Waals surface area (Å²) >= 11 is 9.84. The summed E-state index contributed by atoms with van der Waals surface area (Å²) in [6.07, 6.45) is 13.2. The second kappa shape index (κ2) is 4.48. The monoisotopic (exact) mass is 280 g/mol. The Balaban J connectivity index is 1.65. The second-order valence-corrected chi connectivity index (χ2v) is 8.49. The Hall–Kier alpha value is 0.440. The largest absolute Gasteiger partial charge is 0.176 e. The van der Waals surface area contributed by atoms with Crippen molar-refractivity contribution < 1.29 is 0 Å². The summed E-state index contributed by atoms with van der Waals surface area (Å²) in [7, 11) is 0. The Bertz CT molecular complexity index is 364. The Morgan fingerprint density at radius 3 is 2.61 bits per heavy atom. The van der Waals surface area contributed by atoms with Crippen molar-refractivity contribution in [2.75, 3.05) is 0 Å². The van der Waals surface area contributed by atoms with Gasteiger partial charge < -0.3 is 0 Å². The lowest BCUT2D eigenvalue weighted by molar-refractivity contribution is 0.112. The van der Waals surface area contributed by atoms with E-state index in [0.717, 1.165) is 35.5 Å². The highest BCUT2D eigenvalue weighted by atomic mass is 32.1. The van der Waals surface area contributed by atoms with Crippen LogP contribution in [0.15, 0.2) is 12.2 Å². The van der Waals surface area contributed by atoms with E-state index in [2.05, 4.69) is 12.2 Å². The molecule has 4 rings (SSSR count). The fourth-order valence-electron chi connectivity index (χ4n) is 5.85. The van der Waals surface area contributed by atoms with Crippen molar-refractivity contribution in [3.63, 3.8) is 0 Å². The molecule has 18 heavy (non-hydrogen) atoms. The van der Waals surface area contributed by atoms with Gasteiger partial charge in [0.15, 0.2) is 0 Å². The Morgan fingerprint density at radius 1 is 0.889 bits per heavy atom. The molecule has 2 heteroatoms. The molecule has 100 valence electrons. The molecule has 4 aliphatic rings. The maximum atomic E-state index is 5.00. The zero-order valence-electron chi connectivity index (χ0n) is 10.9. The second-order valence-electron chi connectivity index (χ2n) is 7.10. The molecule has 8 unspecified atom stereocenters. The highest BCUT2D eigenvalue weighted by Crippen LogP contribution is 2.64. The molecule has 0 amide bonds. The van der Waals surface area contributed by atoms with Gasteiger partial charge in [0.25, 0.3) is 0 Å². The number of allylic oxidation sites excluding steroid dienone is 2. The van der Waals surface area contributed by atoms with Crippen LogP contribution in [0, 0.1) is 35.5 Å². The average Bonchev–Trinajstić information content (AvgIpc) is 2.95. The van der Waals surface area contributed by atoms with E-state index in [0.29, 0.717) is 10.5 Å². The van der Waals surface area contributed by atoms with Gasteiger partial charge in [-0.05, 0) is 67.6 Å². The molecule has 0 aliphatic heterocycles. The van der Waals surface area contributed by atoms with Gasteiger partial charge in [-0.25, -0.2) is 0 Å². The Morgan fingerprint density at radius 2 is 1.72 bits per heavy atom. The molecular formula is C16H24S2. The molecule has 0 radical (unpaired) electrons. The first kappa shape index (κ1) is 12.2. The van der Waals surface area contributed by atoms with Crippen molar-refractivity contribution in [3.8, 4) is 0 Å². The van der Waals surface area contributed by atoms with E-state index >= 15 is 0 Å². The van der Waals surface area contributed by atoms with Crippen LogP contribution in [0.2, 0.25) is 0 Å². The topological polar surface area (TPSA) is 0 Å². The molecule has 8 atom stereocenters. The SMILES string of the molecule is SC1CCCC(S)C2C(C1)C1CC2C2CC=CC12.